The van der Waals surface area contributed by atoms with Crippen LogP contribution in [0.2, 0.25) is 0 Å². The second kappa shape index (κ2) is 14.4. The molecule has 5 rings (SSSR count). The van der Waals surface area contributed by atoms with Gasteiger partial charge in [-0.15, -0.1) is 0 Å². The number of methoxy groups -OCH3 is 1. The zero-order chi connectivity index (χ0) is 31.9. The molecule has 11 heteroatoms. The molecule has 0 spiro atoms. The predicted octanol–water partition coefficient (Wildman–Crippen LogP) is 8.15. The zero-order valence-corrected chi connectivity index (χ0v) is 27.8. The van der Waals surface area contributed by atoms with Crippen LogP contribution in [0.3, 0.4) is 0 Å². The number of nitrogens with one attached hydrogen (secondary N) is 2. The molecule has 0 saturated carbocycles. The number of halogens is 2. The van der Waals surface area contributed by atoms with Crippen molar-refractivity contribution in [2.45, 2.75) is 13.8 Å². The van der Waals surface area contributed by atoms with Gasteiger partial charge in [0, 0.05) is 25.5 Å². The number of nitrogens with zero attached hydrogens (tertiary/aromatic N) is 1. The van der Waals surface area contributed by atoms with Crippen molar-refractivity contribution >= 4 is 60.9 Å². The molecule has 1 amide bonds. The molecule has 0 saturated heterocycles. The van der Waals surface area contributed by atoms with Gasteiger partial charge < -0.3 is 23.9 Å². The molecule has 9 nitrogen and oxygen atoms in total. The van der Waals surface area contributed by atoms with Crippen LogP contribution in [0.25, 0.3) is 22.0 Å². The average Bonchev–Trinajstić information content (AvgIpc) is 3.46. The number of H-pyrrole nitrogens is 1. The van der Waals surface area contributed by atoms with Crippen molar-refractivity contribution in [3.8, 4) is 34.1 Å². The van der Waals surface area contributed by atoms with Crippen molar-refractivity contribution in [3.63, 3.8) is 0 Å². The van der Waals surface area contributed by atoms with Gasteiger partial charge in [-0.1, -0.05) is 62.2 Å². The number of carbonyl (C=O) groups excluding carboxylic acids is 2. The molecule has 230 valence electrons. The SMILES string of the molecule is CCOc1ccc(C(=O)Oc2ccc(Br)cc2C=NNC(=O)c2[nH]c3c(OC)ccc(Br)c3c2-c2ccccc2)cc1OCC. The predicted molar refractivity (Wildman–Crippen MR) is 181 cm³/mol. The topological polar surface area (TPSA) is 111 Å². The third-order valence-corrected chi connectivity index (χ3v) is 7.85. The Morgan fingerprint density at radius 3 is 2.31 bits per heavy atom. The minimum absolute atomic E-state index is 0.247. The van der Waals surface area contributed by atoms with Gasteiger partial charge in [-0.3, -0.25) is 4.79 Å². The van der Waals surface area contributed by atoms with E-state index in [0.717, 1.165) is 19.9 Å². The Balaban J connectivity index is 1.42. The van der Waals surface area contributed by atoms with Gasteiger partial charge in [0.25, 0.3) is 5.91 Å². The van der Waals surface area contributed by atoms with Crippen LogP contribution in [0.5, 0.6) is 23.0 Å². The summed E-state index contributed by atoms with van der Waals surface area (Å²) >= 11 is 7.08. The van der Waals surface area contributed by atoms with E-state index in [1.807, 2.05) is 56.3 Å². The molecule has 0 bridgehead atoms. The normalized spacial score (nSPS) is 11.0. The maximum Gasteiger partial charge on any atom is 0.343 e. The smallest absolute Gasteiger partial charge is 0.343 e. The number of esters is 1. The summed E-state index contributed by atoms with van der Waals surface area (Å²) < 4.78 is 24.1. The van der Waals surface area contributed by atoms with Crippen LogP contribution in [0.1, 0.15) is 40.3 Å². The highest BCUT2D eigenvalue weighted by Gasteiger charge is 2.23. The number of amides is 1. The first-order chi connectivity index (χ1) is 21.8. The van der Waals surface area contributed by atoms with Crippen LogP contribution in [0.4, 0.5) is 0 Å². The number of rotatable bonds is 11. The van der Waals surface area contributed by atoms with Gasteiger partial charge in [-0.05, 0) is 67.9 Å². The van der Waals surface area contributed by atoms with Gasteiger partial charge in [0.1, 0.15) is 17.2 Å². The molecule has 0 unspecified atom stereocenters. The Bertz CT molecular complexity index is 1890. The molecule has 1 heterocycles. The minimum atomic E-state index is -0.592. The van der Waals surface area contributed by atoms with E-state index in [1.165, 1.54) is 6.21 Å². The van der Waals surface area contributed by atoms with Gasteiger partial charge in [-0.2, -0.15) is 5.10 Å². The molecule has 1 aromatic heterocycles. The molecule has 0 radical (unpaired) electrons. The summed E-state index contributed by atoms with van der Waals surface area (Å²) in [6.07, 6.45) is 1.41. The molecule has 0 aliphatic heterocycles. The Morgan fingerprint density at radius 2 is 1.58 bits per heavy atom. The lowest BCUT2D eigenvalue weighted by atomic mass is 10.0. The third-order valence-electron chi connectivity index (χ3n) is 6.70. The van der Waals surface area contributed by atoms with E-state index in [-0.39, 0.29) is 11.3 Å². The van der Waals surface area contributed by atoms with Crippen LogP contribution < -0.4 is 24.4 Å². The van der Waals surface area contributed by atoms with Gasteiger partial charge in [0.15, 0.2) is 11.5 Å². The fourth-order valence-corrected chi connectivity index (χ4v) is 5.65. The van der Waals surface area contributed by atoms with Crippen molar-refractivity contribution < 1.29 is 28.5 Å². The summed E-state index contributed by atoms with van der Waals surface area (Å²) in [6.45, 7) is 4.59. The van der Waals surface area contributed by atoms with E-state index >= 15 is 0 Å². The molecule has 5 aromatic rings. The minimum Gasteiger partial charge on any atom is -0.495 e. The highest BCUT2D eigenvalue weighted by atomic mass is 79.9. The summed E-state index contributed by atoms with van der Waals surface area (Å²) in [6, 6.07) is 23.2. The number of benzene rings is 4. The molecule has 0 aliphatic rings. The van der Waals surface area contributed by atoms with Crippen LogP contribution in [-0.4, -0.2) is 43.4 Å². The second-order valence-electron chi connectivity index (χ2n) is 9.54. The van der Waals surface area contributed by atoms with Crippen molar-refractivity contribution in [1.29, 1.82) is 0 Å². The number of hydrogen-bond acceptors (Lipinski definition) is 7. The number of hydrazone groups is 1. The van der Waals surface area contributed by atoms with Crippen molar-refractivity contribution in [1.82, 2.24) is 10.4 Å². The average molecular weight is 735 g/mol. The third kappa shape index (κ3) is 7.05. The number of hydrogen-bond donors (Lipinski definition) is 2. The van der Waals surface area contributed by atoms with Crippen molar-refractivity contribution in [2.75, 3.05) is 20.3 Å². The van der Waals surface area contributed by atoms with E-state index in [4.69, 9.17) is 18.9 Å². The molecule has 0 atom stereocenters. The summed E-state index contributed by atoms with van der Waals surface area (Å²) in [5.41, 5.74) is 5.86. The van der Waals surface area contributed by atoms with E-state index in [9.17, 15) is 9.59 Å². The lowest BCUT2D eigenvalue weighted by Gasteiger charge is -2.13. The van der Waals surface area contributed by atoms with E-state index in [2.05, 4.69) is 47.4 Å². The monoisotopic (exact) mass is 733 g/mol. The summed E-state index contributed by atoms with van der Waals surface area (Å²) in [7, 11) is 1.58. The second-order valence-corrected chi connectivity index (χ2v) is 11.3. The van der Waals surface area contributed by atoms with Crippen LogP contribution >= 0.6 is 31.9 Å². The molecule has 2 N–H and O–H groups in total. The molecule has 0 aliphatic carbocycles. The number of aromatic nitrogens is 1. The first-order valence-corrected chi connectivity index (χ1v) is 15.6. The van der Waals surface area contributed by atoms with Gasteiger partial charge >= 0.3 is 5.97 Å². The first kappa shape index (κ1) is 31.8. The fraction of sp³-hybridized carbons (Fsp3) is 0.147. The standard InChI is InChI=1S/C34H29Br2N3O6/c1-4-43-26-14-11-21(18-28(26)44-5-2)34(41)45-25-15-12-23(35)17-22(25)19-37-39-33(40)32-29(20-9-7-6-8-10-20)30-24(36)13-16-27(42-3)31(30)38-32/h6-19,38H,4-5H2,1-3H3,(H,39,40). The fourth-order valence-electron chi connectivity index (χ4n) is 4.74. The van der Waals surface area contributed by atoms with Crippen LogP contribution in [-0.2, 0) is 0 Å². The maximum absolute atomic E-state index is 13.6. The molecule has 45 heavy (non-hydrogen) atoms. The van der Waals surface area contributed by atoms with Gasteiger partial charge in [-0.25, -0.2) is 10.2 Å². The Labute approximate surface area is 276 Å². The quantitative estimate of drug-likeness (QED) is 0.0614. The lowest BCUT2D eigenvalue weighted by molar-refractivity contribution is 0.0733. The zero-order valence-electron chi connectivity index (χ0n) is 24.6. The molecular weight excluding hydrogens is 706 g/mol. The number of fused-ring (bicyclic) bond motifs is 1. The van der Waals surface area contributed by atoms with Crippen molar-refractivity contribution in [2.24, 2.45) is 5.10 Å². The molecular formula is C34H29Br2N3O6. The number of carbonyl (C=O) groups is 2. The highest BCUT2D eigenvalue weighted by molar-refractivity contribution is 9.11. The van der Waals surface area contributed by atoms with Crippen LogP contribution in [0.15, 0.2) is 92.9 Å². The van der Waals surface area contributed by atoms with E-state index in [0.29, 0.717) is 52.8 Å². The van der Waals surface area contributed by atoms with Gasteiger partial charge in [0.05, 0.1) is 37.6 Å². The van der Waals surface area contributed by atoms with E-state index in [1.54, 1.807) is 43.5 Å². The van der Waals surface area contributed by atoms with E-state index < -0.39 is 11.9 Å². The van der Waals surface area contributed by atoms with Crippen LogP contribution in [0, 0.1) is 0 Å². The maximum atomic E-state index is 13.6. The Kier molecular flexibility index (Phi) is 10.2. The van der Waals surface area contributed by atoms with Gasteiger partial charge in [0.2, 0.25) is 0 Å². The molecule has 0 fully saturated rings. The summed E-state index contributed by atoms with van der Waals surface area (Å²) in [5, 5.41) is 5.01. The Hall–Kier alpha value is -4.61. The number of aromatic amines is 1. The number of ether oxygens (including phenoxy) is 4. The largest absolute Gasteiger partial charge is 0.495 e. The highest BCUT2D eigenvalue weighted by Crippen LogP contribution is 2.41. The molecule has 4 aromatic carbocycles. The summed E-state index contributed by atoms with van der Waals surface area (Å²) in [5.74, 6) is 0.767. The van der Waals surface area contributed by atoms with Crippen molar-refractivity contribution in [3.05, 3.63) is 105 Å². The Morgan fingerprint density at radius 1 is 0.867 bits per heavy atom. The summed E-state index contributed by atoms with van der Waals surface area (Å²) in [4.78, 5) is 29.9. The first-order valence-electron chi connectivity index (χ1n) is 14.0. The lowest BCUT2D eigenvalue weighted by Crippen LogP contribution is -2.19.